The maximum atomic E-state index is 11.7. The van der Waals surface area contributed by atoms with Crippen molar-refractivity contribution < 1.29 is 14.1 Å². The number of hydrogen-bond acceptors (Lipinski definition) is 4. The molecule has 0 aliphatic heterocycles. The van der Waals surface area contributed by atoms with Gasteiger partial charge in [0.15, 0.2) is 5.76 Å². The summed E-state index contributed by atoms with van der Waals surface area (Å²) in [6, 6.07) is 9.83. The number of rotatable bonds is 6. The van der Waals surface area contributed by atoms with E-state index in [9.17, 15) is 4.79 Å². The Morgan fingerprint density at radius 2 is 2.08 bits per heavy atom. The Balaban J connectivity index is 1.60. The van der Waals surface area contributed by atoms with Crippen molar-refractivity contribution in [2.75, 3.05) is 13.7 Å². The Hall–Kier alpha value is -2.50. The van der Waals surface area contributed by atoms with Gasteiger partial charge >= 0.3 is 6.03 Å². The van der Waals surface area contributed by atoms with Gasteiger partial charge in [0.05, 0.1) is 12.8 Å². The third-order valence-electron chi connectivity index (χ3n) is 5.50. The fourth-order valence-electron chi connectivity index (χ4n) is 3.53. The molecule has 6 nitrogen and oxygen atoms in total. The highest BCUT2D eigenvalue weighted by Crippen LogP contribution is 2.47. The van der Waals surface area contributed by atoms with Gasteiger partial charge < -0.3 is 19.9 Å². The lowest BCUT2D eigenvalue weighted by Crippen LogP contribution is -2.60. The van der Waals surface area contributed by atoms with Crippen LogP contribution in [-0.4, -0.2) is 30.9 Å². The maximum Gasteiger partial charge on any atom is 0.315 e. The van der Waals surface area contributed by atoms with Crippen molar-refractivity contribution in [1.29, 1.82) is 0 Å². The first-order chi connectivity index (χ1) is 12.4. The van der Waals surface area contributed by atoms with E-state index in [1.807, 2.05) is 37.3 Å². The van der Waals surface area contributed by atoms with Gasteiger partial charge in [0, 0.05) is 24.2 Å². The molecule has 0 spiro atoms. The highest BCUT2D eigenvalue weighted by atomic mass is 16.5. The van der Waals surface area contributed by atoms with E-state index < -0.39 is 0 Å². The van der Waals surface area contributed by atoms with Crippen LogP contribution in [0.25, 0.3) is 11.3 Å². The molecule has 140 valence electrons. The lowest BCUT2D eigenvalue weighted by atomic mass is 9.57. The molecule has 1 aromatic carbocycles. The summed E-state index contributed by atoms with van der Waals surface area (Å²) < 4.78 is 10.7. The maximum absolute atomic E-state index is 11.7. The number of benzene rings is 1. The van der Waals surface area contributed by atoms with Crippen LogP contribution < -0.4 is 15.4 Å². The summed E-state index contributed by atoms with van der Waals surface area (Å²) in [5.41, 5.74) is 1.96. The Morgan fingerprint density at radius 1 is 1.35 bits per heavy atom. The average Bonchev–Trinajstić information content (AvgIpc) is 3.10. The number of aromatic nitrogens is 1. The van der Waals surface area contributed by atoms with Gasteiger partial charge in [0.1, 0.15) is 5.75 Å². The number of amides is 2. The summed E-state index contributed by atoms with van der Waals surface area (Å²) in [6.45, 7) is 6.94. The molecule has 26 heavy (non-hydrogen) atoms. The lowest BCUT2D eigenvalue weighted by Gasteiger charge is -2.52. The molecule has 2 amide bonds. The monoisotopic (exact) mass is 357 g/mol. The van der Waals surface area contributed by atoms with Crippen molar-refractivity contribution in [3.8, 4) is 17.1 Å². The smallest absolute Gasteiger partial charge is 0.315 e. The summed E-state index contributed by atoms with van der Waals surface area (Å²) in [6.07, 6.45) is 1.80. The molecule has 2 unspecified atom stereocenters. The Morgan fingerprint density at radius 3 is 2.69 bits per heavy atom. The third kappa shape index (κ3) is 3.69. The Bertz CT molecular complexity index is 752. The van der Waals surface area contributed by atoms with Crippen molar-refractivity contribution in [3.05, 3.63) is 36.0 Å². The predicted molar refractivity (Wildman–Crippen MR) is 100 cm³/mol. The van der Waals surface area contributed by atoms with Crippen molar-refractivity contribution in [2.24, 2.45) is 11.3 Å². The molecule has 0 radical (unpaired) electrons. The molecule has 6 heteroatoms. The Labute approximate surface area is 154 Å². The molecule has 1 aliphatic carbocycles. The van der Waals surface area contributed by atoms with Crippen LogP contribution in [0.4, 0.5) is 4.79 Å². The highest BCUT2D eigenvalue weighted by molar-refractivity contribution is 5.74. The van der Waals surface area contributed by atoms with E-state index >= 15 is 0 Å². The molecule has 2 aromatic rings. The van der Waals surface area contributed by atoms with Gasteiger partial charge in [0.25, 0.3) is 0 Å². The predicted octanol–water partition coefficient (Wildman–Crippen LogP) is 3.63. The Kier molecular flexibility index (Phi) is 5.20. The van der Waals surface area contributed by atoms with E-state index in [2.05, 4.69) is 29.6 Å². The van der Waals surface area contributed by atoms with Crippen molar-refractivity contribution in [1.82, 2.24) is 15.8 Å². The van der Waals surface area contributed by atoms with Gasteiger partial charge in [-0.05, 0) is 55.4 Å². The van der Waals surface area contributed by atoms with Crippen molar-refractivity contribution in [3.63, 3.8) is 0 Å². The van der Waals surface area contributed by atoms with E-state index in [1.165, 1.54) is 0 Å². The molecule has 3 rings (SSSR count). The van der Waals surface area contributed by atoms with Crippen molar-refractivity contribution >= 4 is 6.03 Å². The molecule has 1 fully saturated rings. The van der Waals surface area contributed by atoms with Crippen LogP contribution in [0.5, 0.6) is 5.75 Å². The minimum absolute atomic E-state index is 0.0321. The first kappa shape index (κ1) is 18.3. The van der Waals surface area contributed by atoms with Crippen molar-refractivity contribution in [2.45, 2.75) is 39.7 Å². The molecule has 2 N–H and O–H groups in total. The number of nitrogens with zero attached hydrogens (tertiary/aromatic N) is 1. The second-order valence-electron chi connectivity index (χ2n) is 7.43. The molecule has 0 bridgehead atoms. The van der Waals surface area contributed by atoms with Gasteiger partial charge in [-0.25, -0.2) is 4.79 Å². The summed E-state index contributed by atoms with van der Waals surface area (Å²) in [7, 11) is 1.65. The number of hydrogen-bond donors (Lipinski definition) is 2. The minimum Gasteiger partial charge on any atom is -0.497 e. The third-order valence-corrected chi connectivity index (χ3v) is 5.50. The quantitative estimate of drug-likeness (QED) is 0.828. The molecular weight excluding hydrogens is 330 g/mol. The van der Waals surface area contributed by atoms with E-state index in [4.69, 9.17) is 9.26 Å². The van der Waals surface area contributed by atoms with Crippen LogP contribution in [-0.2, 0) is 6.42 Å². The van der Waals surface area contributed by atoms with E-state index in [-0.39, 0.29) is 17.5 Å². The zero-order chi connectivity index (χ0) is 18.7. The lowest BCUT2D eigenvalue weighted by molar-refractivity contribution is 0.0201. The number of urea groups is 1. The number of methoxy groups -OCH3 is 1. The van der Waals surface area contributed by atoms with Crippen LogP contribution in [0, 0.1) is 11.3 Å². The van der Waals surface area contributed by atoms with Gasteiger partial charge in [-0.15, -0.1) is 0 Å². The fourth-order valence-corrected chi connectivity index (χ4v) is 3.53. The van der Waals surface area contributed by atoms with Crippen LogP contribution in [0.15, 0.2) is 34.9 Å². The van der Waals surface area contributed by atoms with Gasteiger partial charge in [0.2, 0.25) is 0 Å². The number of carbonyl (C=O) groups excluding carboxylic acids is 1. The van der Waals surface area contributed by atoms with Crippen LogP contribution in [0.2, 0.25) is 0 Å². The molecule has 0 saturated heterocycles. The number of carbonyl (C=O) groups is 1. The zero-order valence-electron chi connectivity index (χ0n) is 15.8. The van der Waals surface area contributed by atoms with Gasteiger partial charge in [-0.2, -0.15) is 0 Å². The normalized spacial score (nSPS) is 20.9. The average molecular weight is 357 g/mol. The molecule has 1 heterocycles. The van der Waals surface area contributed by atoms with Crippen LogP contribution >= 0.6 is 0 Å². The molecule has 2 atom stereocenters. The molecule has 1 saturated carbocycles. The standard InChI is InChI=1S/C20H27N3O3/c1-5-21-19(24)22-18-11-14(20(18,2)3)10-15-12-17(26-23-15)13-6-8-16(25-4)9-7-13/h6-9,12,14,18H,5,10-11H2,1-4H3,(H2,21,22,24). The first-order valence-corrected chi connectivity index (χ1v) is 9.08. The number of nitrogens with one attached hydrogen (secondary N) is 2. The molecular formula is C20H27N3O3. The highest BCUT2D eigenvalue weighted by Gasteiger charge is 2.48. The van der Waals surface area contributed by atoms with Crippen LogP contribution in [0.1, 0.15) is 32.9 Å². The summed E-state index contributed by atoms with van der Waals surface area (Å²) in [4.78, 5) is 11.7. The topological polar surface area (TPSA) is 76.4 Å². The van der Waals surface area contributed by atoms with Gasteiger partial charge in [-0.1, -0.05) is 19.0 Å². The summed E-state index contributed by atoms with van der Waals surface area (Å²) >= 11 is 0. The minimum atomic E-state index is -0.0905. The fraction of sp³-hybridized carbons (Fsp3) is 0.500. The van der Waals surface area contributed by atoms with Crippen LogP contribution in [0.3, 0.4) is 0 Å². The number of ether oxygens (including phenoxy) is 1. The zero-order valence-corrected chi connectivity index (χ0v) is 15.8. The summed E-state index contributed by atoms with van der Waals surface area (Å²) in [5, 5.41) is 10.1. The largest absolute Gasteiger partial charge is 0.497 e. The van der Waals surface area contributed by atoms with E-state index in [0.29, 0.717) is 12.5 Å². The second-order valence-corrected chi connectivity index (χ2v) is 7.43. The molecule has 1 aliphatic rings. The second kappa shape index (κ2) is 7.40. The SMILES string of the molecule is CCNC(=O)NC1CC(Cc2cc(-c3ccc(OC)cc3)on2)C1(C)C. The van der Waals surface area contributed by atoms with E-state index in [1.54, 1.807) is 7.11 Å². The first-order valence-electron chi connectivity index (χ1n) is 9.08. The molecule has 1 aromatic heterocycles. The summed E-state index contributed by atoms with van der Waals surface area (Å²) in [5.74, 6) is 2.04. The van der Waals surface area contributed by atoms with Gasteiger partial charge in [-0.3, -0.25) is 0 Å². The van der Waals surface area contributed by atoms with E-state index in [0.717, 1.165) is 35.6 Å².